The third-order valence-electron chi connectivity index (χ3n) is 3.28. The summed E-state index contributed by atoms with van der Waals surface area (Å²) in [5.74, 6) is -1.11. The molecule has 2 rings (SSSR count). The third kappa shape index (κ3) is 2.73. The van der Waals surface area contributed by atoms with Gasteiger partial charge in [-0.05, 0) is 13.3 Å². The van der Waals surface area contributed by atoms with Crippen LogP contribution < -0.4 is 5.32 Å². The molecule has 0 aromatic heterocycles. The summed E-state index contributed by atoms with van der Waals surface area (Å²) in [5, 5.41) is 11.9. The molecule has 0 bridgehead atoms. The first-order valence-corrected chi connectivity index (χ1v) is 7.63. The predicted molar refractivity (Wildman–Crippen MR) is 82.4 cm³/mol. The van der Waals surface area contributed by atoms with Crippen LogP contribution in [0.4, 0.5) is 0 Å². The number of carboxylic acids is 1. The number of hydrogen-bond acceptors (Lipinski definition) is 4. The quantitative estimate of drug-likeness (QED) is 0.456. The Kier molecular flexibility index (Phi) is 4.49. The number of rotatable bonds is 5. The fourth-order valence-electron chi connectivity index (χ4n) is 2.15. The smallest absolute Gasteiger partial charge is 0.334 e. The molecular formula is C13H16N2O3S2. The number of allylic oxidation sites excluding steroid dienone is 1. The molecule has 0 radical (unpaired) electrons. The lowest BCUT2D eigenvalue weighted by molar-refractivity contribution is -0.141. The van der Waals surface area contributed by atoms with Crippen LogP contribution >= 0.6 is 24.0 Å². The van der Waals surface area contributed by atoms with Gasteiger partial charge in [0, 0.05) is 17.9 Å². The summed E-state index contributed by atoms with van der Waals surface area (Å²) in [6.07, 6.45) is 4.67. The SMILES string of the molecule is C=CCCC(=S)NC1C(=O)N2C=C(C(=O)O)C(C)S[C@H]12. The van der Waals surface area contributed by atoms with E-state index in [2.05, 4.69) is 11.9 Å². The van der Waals surface area contributed by atoms with Gasteiger partial charge in [-0.3, -0.25) is 4.79 Å². The summed E-state index contributed by atoms with van der Waals surface area (Å²) < 4.78 is 0. The Morgan fingerprint density at radius 2 is 2.40 bits per heavy atom. The standard InChI is InChI=1S/C13H16N2O3S2/c1-3-4-5-9(19)14-10-11(16)15-6-8(13(17)18)7(2)20-12(10)15/h3,6-7,10,12H,1,4-5H2,2H3,(H,14,19)(H,17,18)/t7?,10?,12-/m1/s1. The first-order valence-electron chi connectivity index (χ1n) is 6.28. The topological polar surface area (TPSA) is 69.6 Å². The maximum atomic E-state index is 12.0. The fourth-order valence-corrected chi connectivity index (χ4v) is 3.75. The van der Waals surface area contributed by atoms with E-state index in [9.17, 15) is 9.59 Å². The highest BCUT2D eigenvalue weighted by Crippen LogP contribution is 2.40. The molecule has 2 aliphatic rings. The monoisotopic (exact) mass is 312 g/mol. The molecule has 20 heavy (non-hydrogen) atoms. The van der Waals surface area contributed by atoms with Gasteiger partial charge in [0.1, 0.15) is 11.4 Å². The number of nitrogens with one attached hydrogen (secondary N) is 1. The Morgan fingerprint density at radius 3 is 3.00 bits per heavy atom. The maximum Gasteiger partial charge on any atom is 0.334 e. The Bertz CT molecular complexity index is 504. The number of aliphatic carboxylic acids is 1. The van der Waals surface area contributed by atoms with Gasteiger partial charge in [-0.25, -0.2) is 4.79 Å². The van der Waals surface area contributed by atoms with E-state index in [4.69, 9.17) is 17.3 Å². The minimum atomic E-state index is -0.978. The fraction of sp³-hybridized carbons (Fsp3) is 0.462. The van der Waals surface area contributed by atoms with Crippen molar-refractivity contribution in [3.63, 3.8) is 0 Å². The Labute approximate surface area is 127 Å². The number of amides is 1. The second-order valence-corrected chi connectivity index (χ2v) is 6.63. The molecule has 0 spiro atoms. The highest BCUT2D eigenvalue weighted by molar-refractivity contribution is 8.00. The van der Waals surface area contributed by atoms with Gasteiger partial charge in [0.05, 0.1) is 10.6 Å². The van der Waals surface area contributed by atoms with Gasteiger partial charge in [-0.1, -0.05) is 18.3 Å². The summed E-state index contributed by atoms with van der Waals surface area (Å²) in [7, 11) is 0. The minimum Gasteiger partial charge on any atom is -0.478 e. The maximum absolute atomic E-state index is 12.0. The van der Waals surface area contributed by atoms with Crippen molar-refractivity contribution < 1.29 is 14.7 Å². The Balaban J connectivity index is 2.02. The van der Waals surface area contributed by atoms with Gasteiger partial charge in [0.15, 0.2) is 0 Å². The third-order valence-corrected chi connectivity index (χ3v) is 5.04. The zero-order chi connectivity index (χ0) is 14.9. The molecule has 1 fully saturated rings. The summed E-state index contributed by atoms with van der Waals surface area (Å²) in [6.45, 7) is 5.46. The summed E-state index contributed by atoms with van der Waals surface area (Å²) in [6, 6.07) is -0.355. The number of carbonyl (C=O) groups is 2. The Morgan fingerprint density at radius 1 is 1.70 bits per heavy atom. The predicted octanol–water partition coefficient (Wildman–Crippen LogP) is 1.51. The lowest BCUT2D eigenvalue weighted by Gasteiger charge is -2.48. The van der Waals surface area contributed by atoms with E-state index in [0.29, 0.717) is 11.4 Å². The zero-order valence-corrected chi connectivity index (χ0v) is 12.7. The summed E-state index contributed by atoms with van der Waals surface area (Å²) in [4.78, 5) is 25.2. The van der Waals surface area contributed by atoms with Crippen LogP contribution in [-0.2, 0) is 9.59 Å². The number of carboxylic acid groups (broad SMARTS) is 1. The number of fused-ring (bicyclic) bond motifs is 1. The van der Waals surface area contributed by atoms with Crippen molar-refractivity contribution in [3.05, 3.63) is 24.4 Å². The summed E-state index contributed by atoms with van der Waals surface area (Å²) in [5.41, 5.74) is 0.257. The lowest BCUT2D eigenvalue weighted by atomic mass is 10.1. The average molecular weight is 312 g/mol. The van der Waals surface area contributed by atoms with E-state index < -0.39 is 5.97 Å². The van der Waals surface area contributed by atoms with Gasteiger partial charge in [-0.15, -0.1) is 18.3 Å². The number of β-lactam (4-membered cyclic amide) rings is 1. The van der Waals surface area contributed by atoms with Crippen LogP contribution in [0.1, 0.15) is 19.8 Å². The molecule has 7 heteroatoms. The van der Waals surface area contributed by atoms with Gasteiger partial charge < -0.3 is 15.3 Å². The zero-order valence-electron chi connectivity index (χ0n) is 11.0. The molecule has 0 aliphatic carbocycles. The largest absolute Gasteiger partial charge is 0.478 e. The number of nitrogens with zero attached hydrogens (tertiary/aromatic N) is 1. The molecule has 3 atom stereocenters. The van der Waals surface area contributed by atoms with Crippen LogP contribution in [0.2, 0.25) is 0 Å². The van der Waals surface area contributed by atoms with E-state index >= 15 is 0 Å². The lowest BCUT2D eigenvalue weighted by Crippen LogP contribution is -2.68. The minimum absolute atomic E-state index is 0.0812. The number of thioether (sulfide) groups is 1. The van der Waals surface area contributed by atoms with Gasteiger partial charge in [0.2, 0.25) is 0 Å². The highest BCUT2D eigenvalue weighted by Gasteiger charge is 2.51. The van der Waals surface area contributed by atoms with Crippen LogP contribution in [-0.4, -0.2) is 43.5 Å². The van der Waals surface area contributed by atoms with Crippen molar-refractivity contribution in [3.8, 4) is 0 Å². The van der Waals surface area contributed by atoms with Crippen molar-refractivity contribution in [1.29, 1.82) is 0 Å². The first-order chi connectivity index (χ1) is 9.45. The molecule has 0 aromatic rings. The molecule has 2 heterocycles. The van der Waals surface area contributed by atoms with Gasteiger partial charge in [-0.2, -0.15) is 0 Å². The molecule has 2 unspecified atom stereocenters. The Hall–Kier alpha value is -1.34. The molecule has 1 saturated heterocycles. The van der Waals surface area contributed by atoms with Crippen LogP contribution in [0.3, 0.4) is 0 Å². The van der Waals surface area contributed by atoms with Gasteiger partial charge in [0.25, 0.3) is 5.91 Å². The number of carbonyl (C=O) groups excluding carboxylic acids is 1. The van der Waals surface area contributed by atoms with Crippen LogP contribution in [0.15, 0.2) is 24.4 Å². The van der Waals surface area contributed by atoms with Crippen LogP contribution in [0.5, 0.6) is 0 Å². The normalized spacial score (nSPS) is 28.1. The van der Waals surface area contributed by atoms with Crippen molar-refractivity contribution in [2.24, 2.45) is 0 Å². The van der Waals surface area contributed by atoms with E-state index in [1.165, 1.54) is 22.9 Å². The van der Waals surface area contributed by atoms with E-state index in [1.54, 1.807) is 6.08 Å². The highest BCUT2D eigenvalue weighted by atomic mass is 32.2. The average Bonchev–Trinajstić information content (AvgIpc) is 2.41. The van der Waals surface area contributed by atoms with Crippen molar-refractivity contribution in [1.82, 2.24) is 10.2 Å². The van der Waals surface area contributed by atoms with Crippen molar-refractivity contribution in [2.45, 2.75) is 36.4 Å². The second kappa shape index (κ2) is 5.97. The molecule has 2 aliphatic heterocycles. The number of thiocarbonyl (C=S) groups is 1. The van der Waals surface area contributed by atoms with Crippen molar-refractivity contribution >= 4 is 40.8 Å². The van der Waals surface area contributed by atoms with E-state index in [1.807, 2.05) is 6.92 Å². The molecule has 2 N–H and O–H groups in total. The van der Waals surface area contributed by atoms with Crippen molar-refractivity contribution in [2.75, 3.05) is 0 Å². The molecule has 1 amide bonds. The molecular weight excluding hydrogens is 296 g/mol. The first kappa shape index (κ1) is 15.1. The van der Waals surface area contributed by atoms with Crippen LogP contribution in [0.25, 0.3) is 0 Å². The summed E-state index contributed by atoms with van der Waals surface area (Å²) >= 11 is 6.65. The van der Waals surface area contributed by atoms with Gasteiger partial charge >= 0.3 is 5.97 Å². The second-order valence-electron chi connectivity index (χ2n) is 4.68. The molecule has 5 nitrogen and oxygen atoms in total. The van der Waals surface area contributed by atoms with E-state index in [-0.39, 0.29) is 28.1 Å². The molecule has 0 saturated carbocycles. The molecule has 108 valence electrons. The number of hydrogen-bond donors (Lipinski definition) is 2. The molecule has 0 aromatic carbocycles. The van der Waals surface area contributed by atoms with E-state index in [0.717, 1.165) is 6.42 Å². The van der Waals surface area contributed by atoms with Crippen LogP contribution in [0, 0.1) is 0 Å².